The van der Waals surface area contributed by atoms with E-state index in [4.69, 9.17) is 14.2 Å². The van der Waals surface area contributed by atoms with Gasteiger partial charge in [0.05, 0.1) is 37.5 Å². The number of rotatable bonds is 3. The number of benzene rings is 1. The second-order valence-electron chi connectivity index (χ2n) is 6.59. The molecule has 0 radical (unpaired) electrons. The topological polar surface area (TPSA) is 60.0 Å². The van der Waals surface area contributed by atoms with Gasteiger partial charge < -0.3 is 24.4 Å². The van der Waals surface area contributed by atoms with Gasteiger partial charge in [-0.1, -0.05) is 6.07 Å². The van der Waals surface area contributed by atoms with Crippen LogP contribution in [0.3, 0.4) is 0 Å². The Morgan fingerprint density at radius 1 is 1.36 bits per heavy atom. The predicted molar refractivity (Wildman–Crippen MR) is 90.2 cm³/mol. The number of halogens is 1. The van der Waals surface area contributed by atoms with E-state index in [0.717, 1.165) is 12.8 Å². The maximum Gasteiger partial charge on any atom is 0.318 e. The van der Waals surface area contributed by atoms with E-state index < -0.39 is 11.9 Å². The molecular formula is C18H25FN2O4. The molecule has 1 spiro atoms. The molecule has 2 aliphatic rings. The third-order valence-corrected chi connectivity index (χ3v) is 4.95. The summed E-state index contributed by atoms with van der Waals surface area (Å²) in [4.78, 5) is 14.4. The Morgan fingerprint density at radius 3 is 2.84 bits per heavy atom. The van der Waals surface area contributed by atoms with Crippen molar-refractivity contribution in [3.8, 4) is 5.75 Å². The number of carbonyl (C=O) groups excluding carboxylic acids is 1. The molecule has 7 heteroatoms. The summed E-state index contributed by atoms with van der Waals surface area (Å²) in [6, 6.07) is 3.92. The zero-order valence-corrected chi connectivity index (χ0v) is 14.7. The zero-order valence-electron chi connectivity index (χ0n) is 14.7. The lowest BCUT2D eigenvalue weighted by atomic mass is 9.92. The minimum Gasteiger partial charge on any atom is -0.496 e. The second-order valence-corrected chi connectivity index (χ2v) is 6.59. The van der Waals surface area contributed by atoms with Gasteiger partial charge in [0, 0.05) is 32.6 Å². The lowest BCUT2D eigenvalue weighted by molar-refractivity contribution is -0.145. The highest BCUT2D eigenvalue weighted by Crippen LogP contribution is 2.30. The lowest BCUT2D eigenvalue weighted by Crippen LogP contribution is -2.57. The number of methoxy groups -OCH3 is 1. The molecule has 1 atom stereocenters. The number of hydrogen-bond donors (Lipinski definition) is 1. The molecule has 1 unspecified atom stereocenters. The molecule has 6 nitrogen and oxygen atoms in total. The molecule has 1 aromatic carbocycles. The van der Waals surface area contributed by atoms with Crippen molar-refractivity contribution in [2.45, 2.75) is 31.4 Å². The van der Waals surface area contributed by atoms with Crippen LogP contribution in [0, 0.1) is 5.82 Å². The first-order valence-corrected chi connectivity index (χ1v) is 8.64. The molecule has 1 N–H and O–H groups in total. The SMILES string of the molecule is COc1cccc(F)c1C(C)NC(=O)N1CCOC2(CCOCC2)C1. The summed E-state index contributed by atoms with van der Waals surface area (Å²) < 4.78 is 30.8. The minimum atomic E-state index is -0.503. The van der Waals surface area contributed by atoms with Gasteiger partial charge in [-0.25, -0.2) is 9.18 Å². The van der Waals surface area contributed by atoms with Gasteiger partial charge in [-0.15, -0.1) is 0 Å². The second kappa shape index (κ2) is 7.58. The highest BCUT2D eigenvalue weighted by atomic mass is 19.1. The summed E-state index contributed by atoms with van der Waals surface area (Å²) in [7, 11) is 1.49. The standard InChI is InChI=1S/C18H25FN2O4/c1-13(16-14(19)4-3-5-15(16)23-2)20-17(22)21-8-11-25-18(12-21)6-9-24-10-7-18/h3-5,13H,6-12H2,1-2H3,(H,20,22). The predicted octanol–water partition coefficient (Wildman–Crippen LogP) is 2.49. The molecule has 138 valence electrons. The summed E-state index contributed by atoms with van der Waals surface area (Å²) in [6.45, 7) is 4.61. The third kappa shape index (κ3) is 3.88. The molecule has 2 aliphatic heterocycles. The van der Waals surface area contributed by atoms with Crippen molar-refractivity contribution < 1.29 is 23.4 Å². The Labute approximate surface area is 147 Å². The molecular weight excluding hydrogens is 327 g/mol. The van der Waals surface area contributed by atoms with E-state index in [1.54, 1.807) is 24.0 Å². The summed E-state index contributed by atoms with van der Waals surface area (Å²) in [5.41, 5.74) is 0.0413. The van der Waals surface area contributed by atoms with Gasteiger partial charge in [-0.3, -0.25) is 0 Å². The van der Waals surface area contributed by atoms with Gasteiger partial charge in [-0.05, 0) is 19.1 Å². The number of urea groups is 1. The van der Waals surface area contributed by atoms with Crippen LogP contribution in [-0.4, -0.2) is 56.6 Å². The first-order valence-electron chi connectivity index (χ1n) is 8.64. The van der Waals surface area contributed by atoms with Gasteiger partial charge in [0.15, 0.2) is 0 Å². The molecule has 0 bridgehead atoms. The number of carbonyl (C=O) groups is 1. The van der Waals surface area contributed by atoms with Crippen LogP contribution in [0.4, 0.5) is 9.18 Å². The van der Waals surface area contributed by atoms with E-state index in [0.29, 0.717) is 44.2 Å². The molecule has 1 aromatic rings. The Balaban J connectivity index is 1.67. The van der Waals surface area contributed by atoms with Crippen molar-refractivity contribution in [1.82, 2.24) is 10.2 Å². The van der Waals surface area contributed by atoms with Crippen LogP contribution < -0.4 is 10.1 Å². The zero-order chi connectivity index (χ0) is 17.9. The summed E-state index contributed by atoms with van der Waals surface area (Å²) in [6.07, 6.45) is 1.57. The smallest absolute Gasteiger partial charge is 0.318 e. The molecule has 25 heavy (non-hydrogen) atoms. The third-order valence-electron chi connectivity index (χ3n) is 4.95. The Hall–Kier alpha value is -1.86. The lowest BCUT2D eigenvalue weighted by Gasteiger charge is -2.44. The highest BCUT2D eigenvalue weighted by molar-refractivity contribution is 5.75. The van der Waals surface area contributed by atoms with Crippen LogP contribution in [0.25, 0.3) is 0 Å². The van der Waals surface area contributed by atoms with Crippen molar-refractivity contribution in [1.29, 1.82) is 0 Å². The monoisotopic (exact) mass is 352 g/mol. The van der Waals surface area contributed by atoms with E-state index in [-0.39, 0.29) is 11.6 Å². The summed E-state index contributed by atoms with van der Waals surface area (Å²) in [5, 5.41) is 2.88. The van der Waals surface area contributed by atoms with E-state index >= 15 is 0 Å². The number of nitrogens with one attached hydrogen (secondary N) is 1. The van der Waals surface area contributed by atoms with Crippen molar-refractivity contribution in [3.05, 3.63) is 29.6 Å². The van der Waals surface area contributed by atoms with Crippen LogP contribution in [0.15, 0.2) is 18.2 Å². The van der Waals surface area contributed by atoms with Crippen LogP contribution in [0.2, 0.25) is 0 Å². The molecule has 0 aromatic heterocycles. The van der Waals surface area contributed by atoms with E-state index in [9.17, 15) is 9.18 Å². The normalized spacial score (nSPS) is 21.0. The fourth-order valence-corrected chi connectivity index (χ4v) is 3.53. The number of amides is 2. The molecule has 2 fully saturated rings. The number of morpholine rings is 1. The molecule has 3 rings (SSSR count). The van der Waals surface area contributed by atoms with Crippen molar-refractivity contribution in [2.24, 2.45) is 0 Å². The fraction of sp³-hybridized carbons (Fsp3) is 0.611. The van der Waals surface area contributed by atoms with E-state index in [2.05, 4.69) is 5.32 Å². The average molecular weight is 352 g/mol. The summed E-state index contributed by atoms with van der Waals surface area (Å²) >= 11 is 0. The van der Waals surface area contributed by atoms with Gasteiger partial charge in [0.1, 0.15) is 11.6 Å². The number of nitrogens with zero attached hydrogens (tertiary/aromatic N) is 1. The molecule has 2 amide bonds. The molecule has 0 aliphatic carbocycles. The highest BCUT2D eigenvalue weighted by Gasteiger charge is 2.40. The van der Waals surface area contributed by atoms with E-state index in [1.807, 2.05) is 0 Å². The van der Waals surface area contributed by atoms with Crippen LogP contribution >= 0.6 is 0 Å². The van der Waals surface area contributed by atoms with Crippen molar-refractivity contribution in [3.63, 3.8) is 0 Å². The van der Waals surface area contributed by atoms with E-state index in [1.165, 1.54) is 13.2 Å². The van der Waals surface area contributed by atoms with Crippen LogP contribution in [0.1, 0.15) is 31.4 Å². The van der Waals surface area contributed by atoms with Gasteiger partial charge in [0.2, 0.25) is 0 Å². The van der Waals surface area contributed by atoms with Crippen molar-refractivity contribution in [2.75, 3.05) is 40.0 Å². The van der Waals surface area contributed by atoms with Crippen molar-refractivity contribution >= 4 is 6.03 Å². The first kappa shape index (κ1) is 17.9. The minimum absolute atomic E-state index is 0.216. The quantitative estimate of drug-likeness (QED) is 0.908. The maximum atomic E-state index is 14.2. The summed E-state index contributed by atoms with van der Waals surface area (Å²) in [5.74, 6) is 0.0331. The molecule has 2 heterocycles. The number of hydrogen-bond acceptors (Lipinski definition) is 4. The van der Waals surface area contributed by atoms with Gasteiger partial charge in [-0.2, -0.15) is 0 Å². The van der Waals surface area contributed by atoms with Gasteiger partial charge in [0.25, 0.3) is 0 Å². The first-order chi connectivity index (χ1) is 12.0. The Kier molecular flexibility index (Phi) is 5.44. The fourth-order valence-electron chi connectivity index (χ4n) is 3.53. The number of ether oxygens (including phenoxy) is 3. The van der Waals surface area contributed by atoms with Gasteiger partial charge >= 0.3 is 6.03 Å². The van der Waals surface area contributed by atoms with Crippen LogP contribution in [0.5, 0.6) is 5.75 Å². The molecule has 2 saturated heterocycles. The average Bonchev–Trinajstić information content (AvgIpc) is 2.62. The van der Waals surface area contributed by atoms with Crippen LogP contribution in [-0.2, 0) is 9.47 Å². The Morgan fingerprint density at radius 2 is 2.12 bits per heavy atom. The Bertz CT molecular complexity index is 614. The maximum absolute atomic E-state index is 14.2. The molecule has 0 saturated carbocycles. The largest absolute Gasteiger partial charge is 0.496 e.